The fourth-order valence-electron chi connectivity index (χ4n) is 3.65. The van der Waals surface area contributed by atoms with Crippen LogP contribution >= 0.6 is 0 Å². The van der Waals surface area contributed by atoms with Gasteiger partial charge >= 0.3 is 0 Å². The Balaban J connectivity index is 1.89. The van der Waals surface area contributed by atoms with Crippen LogP contribution in [0.25, 0.3) is 0 Å². The van der Waals surface area contributed by atoms with Gasteiger partial charge in [0.25, 0.3) is 5.91 Å². The van der Waals surface area contributed by atoms with E-state index in [2.05, 4.69) is 12.2 Å². The molecule has 0 bridgehead atoms. The largest absolute Gasteiger partial charge is 0.347 e. The van der Waals surface area contributed by atoms with Gasteiger partial charge in [-0.25, -0.2) is 8.78 Å². The van der Waals surface area contributed by atoms with Crippen LogP contribution in [0.15, 0.2) is 48.5 Å². The maximum absolute atomic E-state index is 13.6. The highest BCUT2D eigenvalue weighted by Crippen LogP contribution is 2.24. The van der Waals surface area contributed by atoms with Gasteiger partial charge in [-0.1, -0.05) is 31.2 Å². The van der Waals surface area contributed by atoms with Crippen LogP contribution in [0.3, 0.4) is 0 Å². The Morgan fingerprint density at radius 3 is 2.36 bits per heavy atom. The van der Waals surface area contributed by atoms with E-state index in [-0.39, 0.29) is 17.5 Å². The van der Waals surface area contributed by atoms with Gasteiger partial charge in [0, 0.05) is 18.8 Å². The normalized spacial score (nSPS) is 10.9. The Bertz CT molecular complexity index is 991. The molecule has 28 heavy (non-hydrogen) atoms. The van der Waals surface area contributed by atoms with Crippen molar-refractivity contribution in [2.45, 2.75) is 40.3 Å². The molecule has 3 nitrogen and oxygen atoms in total. The van der Waals surface area contributed by atoms with Crippen molar-refractivity contribution in [3.63, 3.8) is 0 Å². The standard InChI is InChI=1S/C23H24F2N2O/c1-4-21-15(2)22(23(28)26-13-17-8-10-19(24)11-9-17)27(16(21)3)14-18-6-5-7-20(25)12-18/h5-12H,4,13-14H2,1-3H3,(H,26,28). The summed E-state index contributed by atoms with van der Waals surface area (Å²) in [7, 11) is 0. The van der Waals surface area contributed by atoms with E-state index in [1.165, 1.54) is 24.3 Å². The van der Waals surface area contributed by atoms with Crippen LogP contribution in [0.4, 0.5) is 8.78 Å². The Kier molecular flexibility index (Phi) is 5.93. The third-order valence-electron chi connectivity index (χ3n) is 5.08. The number of hydrogen-bond donors (Lipinski definition) is 1. The van der Waals surface area contributed by atoms with Gasteiger partial charge < -0.3 is 9.88 Å². The van der Waals surface area contributed by atoms with Gasteiger partial charge in [-0.05, 0) is 66.8 Å². The summed E-state index contributed by atoms with van der Waals surface area (Å²) in [6.07, 6.45) is 0.812. The number of carbonyl (C=O) groups is 1. The van der Waals surface area contributed by atoms with E-state index in [1.807, 2.05) is 24.5 Å². The van der Waals surface area contributed by atoms with Crippen molar-refractivity contribution < 1.29 is 13.6 Å². The smallest absolute Gasteiger partial charge is 0.268 e. The second kappa shape index (κ2) is 8.38. The average Bonchev–Trinajstić information content (AvgIpc) is 2.90. The monoisotopic (exact) mass is 382 g/mol. The van der Waals surface area contributed by atoms with Crippen LogP contribution in [-0.4, -0.2) is 10.5 Å². The molecule has 3 aromatic rings. The number of halogens is 2. The molecular formula is C23H24F2N2O. The highest BCUT2D eigenvalue weighted by Gasteiger charge is 2.22. The highest BCUT2D eigenvalue weighted by molar-refractivity contribution is 5.95. The molecule has 0 atom stereocenters. The number of carbonyl (C=O) groups excluding carboxylic acids is 1. The summed E-state index contributed by atoms with van der Waals surface area (Å²) < 4.78 is 28.6. The quantitative estimate of drug-likeness (QED) is 0.645. The minimum Gasteiger partial charge on any atom is -0.347 e. The van der Waals surface area contributed by atoms with Crippen LogP contribution in [0.5, 0.6) is 0 Å². The van der Waals surface area contributed by atoms with Crippen LogP contribution in [0.1, 0.15) is 45.4 Å². The predicted molar refractivity (Wildman–Crippen MR) is 106 cm³/mol. The van der Waals surface area contributed by atoms with Gasteiger partial charge in [-0.15, -0.1) is 0 Å². The summed E-state index contributed by atoms with van der Waals surface area (Å²) in [6, 6.07) is 12.5. The van der Waals surface area contributed by atoms with E-state index < -0.39 is 0 Å². The van der Waals surface area contributed by atoms with E-state index in [4.69, 9.17) is 0 Å². The number of hydrogen-bond acceptors (Lipinski definition) is 1. The van der Waals surface area contributed by atoms with Crippen LogP contribution < -0.4 is 5.32 Å². The van der Waals surface area contributed by atoms with E-state index >= 15 is 0 Å². The Hall–Kier alpha value is -2.95. The van der Waals surface area contributed by atoms with E-state index in [0.717, 1.165) is 34.4 Å². The van der Waals surface area contributed by atoms with Crippen molar-refractivity contribution in [2.24, 2.45) is 0 Å². The van der Waals surface area contributed by atoms with Crippen molar-refractivity contribution in [3.8, 4) is 0 Å². The summed E-state index contributed by atoms with van der Waals surface area (Å²) in [6.45, 7) is 6.72. The molecule has 1 N–H and O–H groups in total. The van der Waals surface area contributed by atoms with Gasteiger partial charge in [0.2, 0.25) is 0 Å². The molecule has 0 aliphatic rings. The third kappa shape index (κ3) is 4.14. The van der Waals surface area contributed by atoms with Crippen molar-refractivity contribution in [3.05, 3.63) is 93.8 Å². The first kappa shape index (κ1) is 19.8. The molecule has 146 valence electrons. The molecule has 0 aliphatic heterocycles. The topological polar surface area (TPSA) is 34.0 Å². The second-order valence-corrected chi connectivity index (χ2v) is 6.92. The molecule has 1 amide bonds. The number of aromatic nitrogens is 1. The maximum atomic E-state index is 13.6. The predicted octanol–water partition coefficient (Wildman–Crippen LogP) is 4.92. The fraction of sp³-hybridized carbons (Fsp3) is 0.261. The molecule has 0 saturated heterocycles. The molecule has 5 heteroatoms. The van der Waals surface area contributed by atoms with Crippen LogP contribution in [-0.2, 0) is 19.5 Å². The summed E-state index contributed by atoms with van der Waals surface area (Å²) in [5, 5.41) is 2.92. The molecular weight excluding hydrogens is 358 g/mol. The number of amides is 1. The van der Waals surface area contributed by atoms with E-state index in [0.29, 0.717) is 18.8 Å². The minimum absolute atomic E-state index is 0.193. The zero-order valence-electron chi connectivity index (χ0n) is 16.4. The van der Waals surface area contributed by atoms with E-state index in [1.54, 1.807) is 18.2 Å². The lowest BCUT2D eigenvalue weighted by molar-refractivity contribution is 0.0941. The summed E-state index contributed by atoms with van der Waals surface area (Å²) in [5.74, 6) is -0.795. The maximum Gasteiger partial charge on any atom is 0.268 e. The van der Waals surface area contributed by atoms with Crippen LogP contribution in [0, 0.1) is 25.5 Å². The van der Waals surface area contributed by atoms with Gasteiger partial charge in [0.1, 0.15) is 17.3 Å². The molecule has 0 saturated carbocycles. The molecule has 2 aromatic carbocycles. The lowest BCUT2D eigenvalue weighted by atomic mass is 10.1. The van der Waals surface area contributed by atoms with Gasteiger partial charge in [0.05, 0.1) is 0 Å². The number of benzene rings is 2. The lowest BCUT2D eigenvalue weighted by Crippen LogP contribution is -2.26. The van der Waals surface area contributed by atoms with Crippen molar-refractivity contribution in [1.29, 1.82) is 0 Å². The minimum atomic E-state index is -0.307. The fourth-order valence-corrected chi connectivity index (χ4v) is 3.65. The summed E-state index contributed by atoms with van der Waals surface area (Å²) in [5.41, 5.74) is 5.28. The summed E-state index contributed by atoms with van der Waals surface area (Å²) in [4.78, 5) is 13.0. The van der Waals surface area contributed by atoms with Crippen molar-refractivity contribution in [2.75, 3.05) is 0 Å². The van der Waals surface area contributed by atoms with Gasteiger partial charge in [0.15, 0.2) is 0 Å². The number of nitrogens with zero attached hydrogens (tertiary/aromatic N) is 1. The zero-order valence-corrected chi connectivity index (χ0v) is 16.4. The molecule has 1 heterocycles. The molecule has 0 fully saturated rings. The third-order valence-corrected chi connectivity index (χ3v) is 5.08. The summed E-state index contributed by atoms with van der Waals surface area (Å²) >= 11 is 0. The first-order valence-corrected chi connectivity index (χ1v) is 9.36. The lowest BCUT2D eigenvalue weighted by Gasteiger charge is -2.13. The van der Waals surface area contributed by atoms with Gasteiger partial charge in [-0.2, -0.15) is 0 Å². The Labute approximate surface area is 164 Å². The zero-order chi connectivity index (χ0) is 20.3. The Morgan fingerprint density at radius 2 is 1.71 bits per heavy atom. The molecule has 0 aliphatic carbocycles. The first-order chi connectivity index (χ1) is 13.4. The van der Waals surface area contributed by atoms with Crippen molar-refractivity contribution in [1.82, 2.24) is 9.88 Å². The molecule has 0 spiro atoms. The molecule has 0 radical (unpaired) electrons. The van der Waals surface area contributed by atoms with Crippen molar-refractivity contribution >= 4 is 5.91 Å². The molecule has 3 rings (SSSR count). The Morgan fingerprint density at radius 1 is 1.00 bits per heavy atom. The van der Waals surface area contributed by atoms with Gasteiger partial charge in [-0.3, -0.25) is 4.79 Å². The van der Waals surface area contributed by atoms with Crippen LogP contribution in [0.2, 0.25) is 0 Å². The first-order valence-electron chi connectivity index (χ1n) is 9.36. The second-order valence-electron chi connectivity index (χ2n) is 6.92. The number of nitrogens with one attached hydrogen (secondary N) is 1. The molecule has 0 unspecified atom stereocenters. The number of rotatable bonds is 6. The SMILES string of the molecule is CCc1c(C)c(C(=O)NCc2ccc(F)cc2)n(Cc2cccc(F)c2)c1C. The highest BCUT2D eigenvalue weighted by atomic mass is 19.1. The van der Waals surface area contributed by atoms with E-state index in [9.17, 15) is 13.6 Å². The molecule has 1 aromatic heterocycles. The average molecular weight is 382 g/mol.